The van der Waals surface area contributed by atoms with E-state index in [0.29, 0.717) is 19.1 Å². The molecule has 2 aromatic rings. The SMILES string of the molecule is O=C(c1ccccc1)N1CCc2cc(C(=O)N3CCC[C@H]3CN3CCCC3)ccc2C1. The van der Waals surface area contributed by atoms with Crippen LogP contribution in [0.15, 0.2) is 48.5 Å². The second-order valence-electron chi connectivity index (χ2n) is 9.13. The van der Waals surface area contributed by atoms with Crippen LogP contribution >= 0.6 is 0 Å². The number of carbonyl (C=O) groups is 2. The molecule has 3 aliphatic heterocycles. The van der Waals surface area contributed by atoms with Gasteiger partial charge in [-0.15, -0.1) is 0 Å². The van der Waals surface area contributed by atoms with Crippen LogP contribution in [0, 0.1) is 0 Å². The summed E-state index contributed by atoms with van der Waals surface area (Å²) in [5, 5.41) is 0. The lowest BCUT2D eigenvalue weighted by molar-refractivity contribution is 0.0703. The number of rotatable bonds is 4. The van der Waals surface area contributed by atoms with E-state index in [9.17, 15) is 9.59 Å². The van der Waals surface area contributed by atoms with Crippen molar-refractivity contribution in [2.45, 2.75) is 44.7 Å². The third-order valence-electron chi connectivity index (χ3n) is 7.08. The highest BCUT2D eigenvalue weighted by atomic mass is 16.2. The Bertz CT molecular complexity index is 952. The predicted molar refractivity (Wildman–Crippen MR) is 121 cm³/mol. The van der Waals surface area contributed by atoms with Crippen LogP contribution < -0.4 is 0 Å². The highest BCUT2D eigenvalue weighted by Gasteiger charge is 2.32. The van der Waals surface area contributed by atoms with Gasteiger partial charge in [-0.3, -0.25) is 9.59 Å². The molecule has 0 aliphatic carbocycles. The summed E-state index contributed by atoms with van der Waals surface area (Å²) >= 11 is 0. The largest absolute Gasteiger partial charge is 0.334 e. The van der Waals surface area contributed by atoms with Crippen LogP contribution in [0.1, 0.15) is 57.5 Å². The molecule has 0 aromatic heterocycles. The van der Waals surface area contributed by atoms with Crippen molar-refractivity contribution < 1.29 is 9.59 Å². The van der Waals surface area contributed by atoms with E-state index in [4.69, 9.17) is 0 Å². The average Bonchev–Trinajstić information content (AvgIpc) is 3.50. The monoisotopic (exact) mass is 417 g/mol. The first-order chi connectivity index (χ1) is 15.2. The summed E-state index contributed by atoms with van der Waals surface area (Å²) in [5.74, 6) is 0.250. The molecule has 3 heterocycles. The van der Waals surface area contributed by atoms with Gasteiger partial charge in [0.25, 0.3) is 11.8 Å². The van der Waals surface area contributed by atoms with Crippen LogP contribution in [0.5, 0.6) is 0 Å². The molecule has 2 aromatic carbocycles. The lowest BCUT2D eigenvalue weighted by Crippen LogP contribution is -2.42. The molecule has 1 atom stereocenters. The third kappa shape index (κ3) is 4.24. The summed E-state index contributed by atoms with van der Waals surface area (Å²) in [4.78, 5) is 32.6. The fourth-order valence-electron chi connectivity index (χ4n) is 5.34. The fraction of sp³-hybridized carbons (Fsp3) is 0.462. The van der Waals surface area contributed by atoms with Crippen molar-refractivity contribution in [3.8, 4) is 0 Å². The summed E-state index contributed by atoms with van der Waals surface area (Å²) in [6.45, 7) is 5.55. The molecule has 3 aliphatic rings. The van der Waals surface area contributed by atoms with Crippen molar-refractivity contribution in [3.63, 3.8) is 0 Å². The van der Waals surface area contributed by atoms with E-state index in [2.05, 4.69) is 21.9 Å². The molecule has 162 valence electrons. The molecule has 5 heteroatoms. The van der Waals surface area contributed by atoms with Gasteiger partial charge in [-0.05, 0) is 80.6 Å². The Labute approximate surface area is 184 Å². The maximum Gasteiger partial charge on any atom is 0.254 e. The lowest BCUT2D eigenvalue weighted by Gasteiger charge is -2.31. The zero-order valence-corrected chi connectivity index (χ0v) is 18.1. The van der Waals surface area contributed by atoms with Gasteiger partial charge >= 0.3 is 0 Å². The summed E-state index contributed by atoms with van der Waals surface area (Å²) in [5.41, 5.74) is 3.89. The molecule has 5 rings (SSSR count). The molecule has 2 amide bonds. The maximum atomic E-state index is 13.3. The zero-order chi connectivity index (χ0) is 21.2. The Morgan fingerprint density at radius 2 is 1.61 bits per heavy atom. The van der Waals surface area contributed by atoms with Crippen LogP contribution in [0.25, 0.3) is 0 Å². The highest BCUT2D eigenvalue weighted by Crippen LogP contribution is 2.26. The minimum absolute atomic E-state index is 0.0771. The lowest BCUT2D eigenvalue weighted by atomic mass is 9.96. The number of hydrogen-bond acceptors (Lipinski definition) is 3. The topological polar surface area (TPSA) is 43.9 Å². The molecule has 31 heavy (non-hydrogen) atoms. The number of hydrogen-bond donors (Lipinski definition) is 0. The number of nitrogens with zero attached hydrogens (tertiary/aromatic N) is 3. The second kappa shape index (κ2) is 8.83. The van der Waals surface area contributed by atoms with Crippen molar-refractivity contribution in [2.24, 2.45) is 0 Å². The van der Waals surface area contributed by atoms with Gasteiger partial charge in [-0.25, -0.2) is 0 Å². The number of amides is 2. The highest BCUT2D eigenvalue weighted by molar-refractivity contribution is 5.95. The van der Waals surface area contributed by atoms with Gasteiger partial charge < -0.3 is 14.7 Å². The van der Waals surface area contributed by atoms with Crippen molar-refractivity contribution in [1.29, 1.82) is 0 Å². The first-order valence-electron chi connectivity index (χ1n) is 11.7. The molecule has 0 radical (unpaired) electrons. The van der Waals surface area contributed by atoms with Gasteiger partial charge in [-0.2, -0.15) is 0 Å². The van der Waals surface area contributed by atoms with Gasteiger partial charge in [0.2, 0.25) is 0 Å². The normalized spacial score (nSPS) is 21.4. The van der Waals surface area contributed by atoms with Gasteiger partial charge in [0, 0.05) is 43.3 Å². The van der Waals surface area contributed by atoms with Gasteiger partial charge in [0.1, 0.15) is 0 Å². The quantitative estimate of drug-likeness (QED) is 0.764. The summed E-state index contributed by atoms with van der Waals surface area (Å²) < 4.78 is 0. The van der Waals surface area contributed by atoms with E-state index in [1.807, 2.05) is 41.3 Å². The van der Waals surface area contributed by atoms with Crippen molar-refractivity contribution in [1.82, 2.24) is 14.7 Å². The van der Waals surface area contributed by atoms with Crippen molar-refractivity contribution in [2.75, 3.05) is 32.7 Å². The Morgan fingerprint density at radius 3 is 2.42 bits per heavy atom. The van der Waals surface area contributed by atoms with Gasteiger partial charge in [0.15, 0.2) is 0 Å². The fourth-order valence-corrected chi connectivity index (χ4v) is 5.34. The first-order valence-corrected chi connectivity index (χ1v) is 11.7. The van der Waals surface area contributed by atoms with Crippen molar-refractivity contribution in [3.05, 3.63) is 70.8 Å². The first kappa shape index (κ1) is 20.3. The van der Waals surface area contributed by atoms with Crippen LogP contribution in [0.3, 0.4) is 0 Å². The molecule has 0 unspecified atom stereocenters. The number of likely N-dealkylation sites (tertiary alicyclic amines) is 2. The predicted octanol–water partition coefficient (Wildman–Crippen LogP) is 3.59. The molecular formula is C26H31N3O2. The number of benzene rings is 2. The van der Waals surface area contributed by atoms with Crippen LogP contribution in [-0.4, -0.2) is 65.3 Å². The number of carbonyl (C=O) groups excluding carboxylic acids is 2. The Kier molecular flexibility index (Phi) is 5.77. The summed E-state index contributed by atoms with van der Waals surface area (Å²) in [6, 6.07) is 15.9. The molecule has 0 N–H and O–H groups in total. The molecule has 2 saturated heterocycles. The Hall–Kier alpha value is -2.66. The second-order valence-corrected chi connectivity index (χ2v) is 9.13. The molecule has 5 nitrogen and oxygen atoms in total. The van der Waals surface area contributed by atoms with Crippen molar-refractivity contribution >= 4 is 11.8 Å². The zero-order valence-electron chi connectivity index (χ0n) is 18.1. The van der Waals surface area contributed by atoms with Gasteiger partial charge in [-0.1, -0.05) is 24.3 Å². The standard InChI is InChI=1S/C26H31N3O2/c30-25(20-7-2-1-3-8-20)28-16-12-21-17-22(10-11-23(21)18-28)26(31)29-15-6-9-24(29)19-27-13-4-5-14-27/h1-3,7-8,10-11,17,24H,4-6,9,12-16,18-19H2/t24-/m0/s1. The molecular weight excluding hydrogens is 386 g/mol. The van der Waals surface area contributed by atoms with E-state index in [-0.39, 0.29) is 11.8 Å². The molecule has 0 spiro atoms. The van der Waals surface area contributed by atoms with Crippen LogP contribution in [-0.2, 0) is 13.0 Å². The summed E-state index contributed by atoms with van der Waals surface area (Å²) in [6.07, 6.45) is 5.59. The molecule has 0 bridgehead atoms. The Balaban J connectivity index is 1.27. The Morgan fingerprint density at radius 1 is 0.806 bits per heavy atom. The minimum Gasteiger partial charge on any atom is -0.334 e. The van der Waals surface area contributed by atoms with E-state index in [1.54, 1.807) is 0 Å². The molecule has 0 saturated carbocycles. The smallest absolute Gasteiger partial charge is 0.254 e. The minimum atomic E-state index is 0.0771. The maximum absolute atomic E-state index is 13.3. The number of fused-ring (bicyclic) bond motifs is 1. The van der Waals surface area contributed by atoms with E-state index < -0.39 is 0 Å². The summed E-state index contributed by atoms with van der Waals surface area (Å²) in [7, 11) is 0. The van der Waals surface area contributed by atoms with E-state index >= 15 is 0 Å². The van der Waals surface area contributed by atoms with Gasteiger partial charge in [0.05, 0.1) is 0 Å². The van der Waals surface area contributed by atoms with Crippen LogP contribution in [0.2, 0.25) is 0 Å². The van der Waals surface area contributed by atoms with Crippen LogP contribution in [0.4, 0.5) is 0 Å². The average molecular weight is 418 g/mol. The molecule has 2 fully saturated rings. The van der Waals surface area contributed by atoms with E-state index in [1.165, 1.54) is 31.5 Å². The van der Waals surface area contributed by atoms with E-state index in [0.717, 1.165) is 49.0 Å². The third-order valence-corrected chi connectivity index (χ3v) is 7.08.